The Kier molecular flexibility index (Phi) is 3.95. The maximum Gasteiger partial charge on any atom is 0.309 e. The second kappa shape index (κ2) is 4.92. The standard InChI is InChI=1S/C15H20O3/c1-9-6-11(3)12(7-10(9)2)13(16)8-15(4,5)14(17)18/h6-7H,8H2,1-5H3,(H,17,18). The van der Waals surface area contributed by atoms with Gasteiger partial charge in [0.05, 0.1) is 5.41 Å². The minimum atomic E-state index is -1.03. The summed E-state index contributed by atoms with van der Waals surface area (Å²) >= 11 is 0. The van der Waals surface area contributed by atoms with Gasteiger partial charge in [-0.25, -0.2) is 0 Å². The Hall–Kier alpha value is -1.64. The molecule has 0 aromatic heterocycles. The van der Waals surface area contributed by atoms with Crippen LogP contribution >= 0.6 is 0 Å². The van der Waals surface area contributed by atoms with Crippen LogP contribution in [-0.2, 0) is 4.79 Å². The summed E-state index contributed by atoms with van der Waals surface area (Å²) in [7, 11) is 0. The molecule has 0 bridgehead atoms. The normalized spacial score (nSPS) is 11.4. The van der Waals surface area contributed by atoms with E-state index in [9.17, 15) is 9.59 Å². The summed E-state index contributed by atoms with van der Waals surface area (Å²) in [6, 6.07) is 3.82. The zero-order valence-corrected chi connectivity index (χ0v) is 11.6. The Morgan fingerprint density at radius 2 is 1.56 bits per heavy atom. The molecule has 0 aliphatic rings. The molecule has 0 amide bonds. The molecule has 3 heteroatoms. The van der Waals surface area contributed by atoms with E-state index < -0.39 is 11.4 Å². The van der Waals surface area contributed by atoms with Gasteiger partial charge in [-0.05, 0) is 57.4 Å². The Bertz CT molecular complexity index is 499. The van der Waals surface area contributed by atoms with Gasteiger partial charge in [0, 0.05) is 12.0 Å². The summed E-state index contributed by atoms with van der Waals surface area (Å²) in [6.07, 6.45) is 0.0195. The predicted octanol–water partition coefficient (Wildman–Crippen LogP) is 3.30. The molecule has 1 rings (SSSR count). The highest BCUT2D eigenvalue weighted by Crippen LogP contribution is 2.25. The molecule has 18 heavy (non-hydrogen) atoms. The largest absolute Gasteiger partial charge is 0.481 e. The lowest BCUT2D eigenvalue weighted by atomic mass is 9.84. The van der Waals surface area contributed by atoms with Gasteiger partial charge in [-0.15, -0.1) is 0 Å². The average Bonchev–Trinajstić information content (AvgIpc) is 2.22. The minimum absolute atomic E-state index is 0.0195. The Morgan fingerprint density at radius 1 is 1.06 bits per heavy atom. The zero-order chi connectivity index (χ0) is 14.1. The molecule has 0 saturated heterocycles. The van der Waals surface area contributed by atoms with Crippen molar-refractivity contribution in [3.63, 3.8) is 0 Å². The lowest BCUT2D eigenvalue weighted by Crippen LogP contribution is -2.27. The Morgan fingerprint density at radius 3 is 2.06 bits per heavy atom. The molecular weight excluding hydrogens is 228 g/mol. The number of rotatable bonds is 4. The number of benzene rings is 1. The molecule has 0 radical (unpaired) electrons. The summed E-state index contributed by atoms with van der Waals surface area (Å²) in [6.45, 7) is 8.98. The predicted molar refractivity (Wildman–Crippen MR) is 71.0 cm³/mol. The lowest BCUT2D eigenvalue weighted by molar-refractivity contribution is -0.146. The quantitative estimate of drug-likeness (QED) is 0.832. The van der Waals surface area contributed by atoms with E-state index in [0.717, 1.165) is 16.7 Å². The van der Waals surface area contributed by atoms with E-state index in [1.165, 1.54) is 0 Å². The van der Waals surface area contributed by atoms with Crippen LogP contribution in [0, 0.1) is 26.2 Å². The first-order valence-electron chi connectivity index (χ1n) is 5.99. The van der Waals surface area contributed by atoms with Gasteiger partial charge in [-0.1, -0.05) is 6.07 Å². The van der Waals surface area contributed by atoms with Crippen molar-refractivity contribution >= 4 is 11.8 Å². The van der Waals surface area contributed by atoms with E-state index in [1.807, 2.05) is 32.9 Å². The van der Waals surface area contributed by atoms with Gasteiger partial charge in [0.2, 0.25) is 0 Å². The monoisotopic (exact) mass is 248 g/mol. The van der Waals surface area contributed by atoms with E-state index in [0.29, 0.717) is 5.56 Å². The molecule has 0 heterocycles. The molecular formula is C15H20O3. The van der Waals surface area contributed by atoms with Crippen molar-refractivity contribution in [3.8, 4) is 0 Å². The van der Waals surface area contributed by atoms with E-state index in [1.54, 1.807) is 13.8 Å². The fourth-order valence-electron chi connectivity index (χ4n) is 1.83. The van der Waals surface area contributed by atoms with Crippen molar-refractivity contribution in [1.82, 2.24) is 0 Å². The first-order chi connectivity index (χ1) is 8.15. The van der Waals surface area contributed by atoms with Crippen molar-refractivity contribution < 1.29 is 14.7 Å². The van der Waals surface area contributed by atoms with Crippen molar-refractivity contribution in [2.24, 2.45) is 5.41 Å². The molecule has 1 aromatic carbocycles. The number of carbonyl (C=O) groups excluding carboxylic acids is 1. The second-order valence-electron chi connectivity index (χ2n) is 5.54. The molecule has 1 N–H and O–H groups in total. The average molecular weight is 248 g/mol. The third-order valence-electron chi connectivity index (χ3n) is 3.32. The van der Waals surface area contributed by atoms with Crippen LogP contribution in [0.25, 0.3) is 0 Å². The zero-order valence-electron chi connectivity index (χ0n) is 11.6. The fraction of sp³-hybridized carbons (Fsp3) is 0.467. The van der Waals surface area contributed by atoms with Gasteiger partial charge >= 0.3 is 5.97 Å². The lowest BCUT2D eigenvalue weighted by Gasteiger charge is -2.19. The van der Waals surface area contributed by atoms with Crippen LogP contribution in [0.5, 0.6) is 0 Å². The van der Waals surface area contributed by atoms with Gasteiger partial charge < -0.3 is 5.11 Å². The minimum Gasteiger partial charge on any atom is -0.481 e. The van der Waals surface area contributed by atoms with Crippen LogP contribution in [0.3, 0.4) is 0 Å². The molecule has 98 valence electrons. The van der Waals surface area contributed by atoms with Crippen molar-refractivity contribution in [3.05, 3.63) is 34.4 Å². The topological polar surface area (TPSA) is 54.4 Å². The highest BCUT2D eigenvalue weighted by Gasteiger charge is 2.30. The van der Waals surface area contributed by atoms with Crippen molar-refractivity contribution in [1.29, 1.82) is 0 Å². The van der Waals surface area contributed by atoms with Crippen LogP contribution in [0.4, 0.5) is 0 Å². The van der Waals surface area contributed by atoms with Crippen LogP contribution in [-0.4, -0.2) is 16.9 Å². The molecule has 0 atom stereocenters. The van der Waals surface area contributed by atoms with Gasteiger partial charge in [0.25, 0.3) is 0 Å². The van der Waals surface area contributed by atoms with Crippen LogP contribution in [0.2, 0.25) is 0 Å². The second-order valence-corrected chi connectivity index (χ2v) is 5.54. The number of carboxylic acid groups (broad SMARTS) is 1. The van der Waals surface area contributed by atoms with E-state index in [-0.39, 0.29) is 12.2 Å². The number of aryl methyl sites for hydroxylation is 3. The summed E-state index contributed by atoms with van der Waals surface area (Å²) < 4.78 is 0. The van der Waals surface area contributed by atoms with E-state index >= 15 is 0 Å². The number of hydrogen-bond acceptors (Lipinski definition) is 2. The van der Waals surface area contributed by atoms with Gasteiger partial charge in [-0.2, -0.15) is 0 Å². The summed E-state index contributed by atoms with van der Waals surface area (Å²) in [4.78, 5) is 23.2. The first kappa shape index (κ1) is 14.4. The van der Waals surface area contributed by atoms with Crippen molar-refractivity contribution in [2.75, 3.05) is 0 Å². The maximum absolute atomic E-state index is 12.2. The van der Waals surface area contributed by atoms with Gasteiger partial charge in [0.15, 0.2) is 5.78 Å². The number of ketones is 1. The SMILES string of the molecule is Cc1cc(C)c(C(=O)CC(C)(C)C(=O)O)cc1C. The smallest absolute Gasteiger partial charge is 0.309 e. The Labute approximate surface area is 108 Å². The third kappa shape index (κ3) is 2.97. The highest BCUT2D eigenvalue weighted by molar-refractivity contribution is 6.00. The summed E-state index contributed by atoms with van der Waals surface area (Å²) in [5, 5.41) is 9.05. The highest BCUT2D eigenvalue weighted by atomic mass is 16.4. The first-order valence-corrected chi connectivity index (χ1v) is 5.99. The number of Topliss-reactive ketones (excluding diaryl/α,β-unsaturated/α-hetero) is 1. The summed E-state index contributed by atoms with van der Waals surface area (Å²) in [5.41, 5.74) is 2.71. The fourth-order valence-corrected chi connectivity index (χ4v) is 1.83. The van der Waals surface area contributed by atoms with Crippen LogP contribution in [0.1, 0.15) is 47.3 Å². The van der Waals surface area contributed by atoms with Crippen LogP contribution in [0.15, 0.2) is 12.1 Å². The molecule has 3 nitrogen and oxygen atoms in total. The third-order valence-corrected chi connectivity index (χ3v) is 3.32. The van der Waals surface area contributed by atoms with Crippen molar-refractivity contribution in [2.45, 2.75) is 41.0 Å². The molecule has 0 aliphatic carbocycles. The molecule has 1 aromatic rings. The molecule has 0 fully saturated rings. The molecule has 0 saturated carbocycles. The van der Waals surface area contributed by atoms with Gasteiger partial charge in [0.1, 0.15) is 0 Å². The van der Waals surface area contributed by atoms with Gasteiger partial charge in [-0.3, -0.25) is 9.59 Å². The number of carboxylic acids is 1. The molecule has 0 aliphatic heterocycles. The molecule has 0 spiro atoms. The van der Waals surface area contributed by atoms with E-state index in [2.05, 4.69) is 0 Å². The Balaban J connectivity index is 3.06. The molecule has 0 unspecified atom stereocenters. The summed E-state index contributed by atoms with van der Waals surface area (Å²) in [5.74, 6) is -1.06. The number of aliphatic carboxylic acids is 1. The number of carbonyl (C=O) groups is 2. The maximum atomic E-state index is 12.2. The van der Waals surface area contributed by atoms with E-state index in [4.69, 9.17) is 5.11 Å². The van der Waals surface area contributed by atoms with Crippen LogP contribution < -0.4 is 0 Å². The number of hydrogen-bond donors (Lipinski definition) is 1.